The average molecular weight is 261 g/mol. The molecule has 1 saturated carbocycles. The number of rotatable bonds is 6. The van der Waals surface area contributed by atoms with Gasteiger partial charge in [0.2, 0.25) is 0 Å². The topological polar surface area (TPSA) is 42.2 Å². The number of aromatic nitrogens is 1. The van der Waals surface area contributed by atoms with E-state index in [-0.39, 0.29) is 0 Å². The first-order valence-electron chi connectivity index (χ1n) is 7.68. The van der Waals surface area contributed by atoms with Crippen molar-refractivity contribution in [3.05, 3.63) is 30.1 Å². The molecule has 0 spiro atoms. The van der Waals surface area contributed by atoms with Crippen LogP contribution in [0, 0.1) is 0 Å². The summed E-state index contributed by atoms with van der Waals surface area (Å²) in [6.07, 6.45) is 11.1. The molecule has 3 nitrogen and oxygen atoms in total. The van der Waals surface area contributed by atoms with Gasteiger partial charge in [-0.15, -0.1) is 0 Å². The summed E-state index contributed by atoms with van der Waals surface area (Å²) in [5.74, 6) is 0. The van der Waals surface area contributed by atoms with Crippen molar-refractivity contribution >= 4 is 0 Å². The zero-order valence-electron chi connectivity index (χ0n) is 12.1. The van der Waals surface area contributed by atoms with Crippen molar-refractivity contribution in [3.8, 4) is 0 Å². The quantitative estimate of drug-likeness (QED) is 0.856. The fourth-order valence-corrected chi connectivity index (χ4v) is 3.05. The van der Waals surface area contributed by atoms with Gasteiger partial charge < -0.3 is 10.6 Å². The molecule has 2 rings (SSSR count). The molecular weight excluding hydrogens is 234 g/mol. The van der Waals surface area contributed by atoms with Crippen molar-refractivity contribution in [3.63, 3.8) is 0 Å². The minimum atomic E-state index is 0.443. The highest BCUT2D eigenvalue weighted by atomic mass is 15.1. The number of nitrogens with zero attached hydrogens (tertiary/aromatic N) is 2. The van der Waals surface area contributed by atoms with Crippen molar-refractivity contribution in [2.24, 2.45) is 5.73 Å². The molecule has 0 aliphatic heterocycles. The van der Waals surface area contributed by atoms with E-state index >= 15 is 0 Å². The molecule has 0 radical (unpaired) electrons. The molecule has 0 amide bonds. The second-order valence-corrected chi connectivity index (χ2v) is 5.72. The van der Waals surface area contributed by atoms with E-state index in [1.54, 1.807) is 0 Å². The van der Waals surface area contributed by atoms with Crippen LogP contribution in [-0.2, 0) is 6.42 Å². The van der Waals surface area contributed by atoms with Crippen LogP contribution in [0.2, 0.25) is 0 Å². The maximum atomic E-state index is 6.01. The van der Waals surface area contributed by atoms with Crippen LogP contribution >= 0.6 is 0 Å². The summed E-state index contributed by atoms with van der Waals surface area (Å²) in [6, 6.07) is 5.39. The highest BCUT2D eigenvalue weighted by Crippen LogP contribution is 2.22. The number of hydrogen-bond acceptors (Lipinski definition) is 3. The Morgan fingerprint density at radius 3 is 2.68 bits per heavy atom. The van der Waals surface area contributed by atoms with E-state index in [1.165, 1.54) is 44.2 Å². The molecule has 1 aliphatic rings. The second kappa shape index (κ2) is 7.61. The molecule has 3 heteroatoms. The Hall–Kier alpha value is -0.930. The summed E-state index contributed by atoms with van der Waals surface area (Å²) >= 11 is 0. The van der Waals surface area contributed by atoms with E-state index in [4.69, 9.17) is 5.73 Å². The van der Waals surface area contributed by atoms with E-state index < -0.39 is 0 Å². The fourth-order valence-electron chi connectivity index (χ4n) is 3.05. The van der Waals surface area contributed by atoms with Crippen LogP contribution in [0.5, 0.6) is 0 Å². The lowest BCUT2D eigenvalue weighted by Gasteiger charge is -2.36. The highest BCUT2D eigenvalue weighted by Gasteiger charge is 2.23. The highest BCUT2D eigenvalue weighted by molar-refractivity contribution is 5.08. The van der Waals surface area contributed by atoms with Crippen LogP contribution in [0.15, 0.2) is 24.5 Å². The molecule has 1 fully saturated rings. The Labute approximate surface area is 117 Å². The molecule has 1 heterocycles. The molecule has 106 valence electrons. The Morgan fingerprint density at radius 2 is 2.05 bits per heavy atom. The molecule has 0 aromatic carbocycles. The molecule has 2 N–H and O–H groups in total. The molecule has 0 unspecified atom stereocenters. The third-order valence-electron chi connectivity index (χ3n) is 4.18. The minimum absolute atomic E-state index is 0.443. The van der Waals surface area contributed by atoms with Crippen molar-refractivity contribution in [1.82, 2.24) is 9.88 Å². The molecule has 1 aliphatic carbocycles. The van der Waals surface area contributed by atoms with Gasteiger partial charge in [-0.25, -0.2) is 0 Å². The van der Waals surface area contributed by atoms with Gasteiger partial charge in [0.1, 0.15) is 0 Å². The van der Waals surface area contributed by atoms with Gasteiger partial charge in [-0.3, -0.25) is 4.98 Å². The van der Waals surface area contributed by atoms with Gasteiger partial charge >= 0.3 is 0 Å². The van der Waals surface area contributed by atoms with E-state index in [0.717, 1.165) is 19.0 Å². The second-order valence-electron chi connectivity index (χ2n) is 5.72. The van der Waals surface area contributed by atoms with E-state index in [2.05, 4.69) is 22.9 Å². The number of hydrogen-bond donors (Lipinski definition) is 1. The number of nitrogens with two attached hydrogens (primary N) is 1. The fraction of sp³-hybridized carbons (Fsp3) is 0.688. The van der Waals surface area contributed by atoms with Crippen molar-refractivity contribution in [2.75, 3.05) is 13.1 Å². The standard InChI is InChI=1S/C16H27N3/c1-2-11-19(16-7-5-15(17)6-8-16)12-9-14-4-3-10-18-13-14/h3-4,10,13,15-16H,2,5-9,11-12,17H2,1H3. The third kappa shape index (κ3) is 4.59. The van der Waals surface area contributed by atoms with Gasteiger partial charge in [-0.05, 0) is 56.7 Å². The van der Waals surface area contributed by atoms with Crippen LogP contribution in [0.3, 0.4) is 0 Å². The zero-order chi connectivity index (χ0) is 13.5. The molecule has 1 aromatic rings. The predicted molar refractivity (Wildman–Crippen MR) is 80.0 cm³/mol. The summed E-state index contributed by atoms with van der Waals surface area (Å²) in [5.41, 5.74) is 7.35. The first kappa shape index (κ1) is 14.5. The van der Waals surface area contributed by atoms with Gasteiger partial charge in [0.05, 0.1) is 0 Å². The largest absolute Gasteiger partial charge is 0.328 e. The van der Waals surface area contributed by atoms with Gasteiger partial charge in [0, 0.05) is 31.0 Å². The van der Waals surface area contributed by atoms with Crippen LogP contribution in [-0.4, -0.2) is 35.1 Å². The third-order valence-corrected chi connectivity index (χ3v) is 4.18. The van der Waals surface area contributed by atoms with Crippen molar-refractivity contribution in [2.45, 2.75) is 57.5 Å². The Balaban J connectivity index is 1.85. The lowest BCUT2D eigenvalue weighted by Crippen LogP contribution is -2.42. The van der Waals surface area contributed by atoms with Crippen LogP contribution < -0.4 is 5.73 Å². The predicted octanol–water partition coefficient (Wildman–Crippen LogP) is 2.61. The van der Waals surface area contributed by atoms with Crippen LogP contribution in [0.25, 0.3) is 0 Å². The molecule has 0 atom stereocenters. The summed E-state index contributed by atoms with van der Waals surface area (Å²) in [4.78, 5) is 6.86. The lowest BCUT2D eigenvalue weighted by atomic mass is 9.90. The Bertz CT molecular complexity index is 344. The Morgan fingerprint density at radius 1 is 1.26 bits per heavy atom. The molecule has 19 heavy (non-hydrogen) atoms. The first-order chi connectivity index (χ1) is 9.29. The maximum absolute atomic E-state index is 6.01. The van der Waals surface area contributed by atoms with Gasteiger partial charge in [-0.1, -0.05) is 13.0 Å². The van der Waals surface area contributed by atoms with Crippen LogP contribution in [0.1, 0.15) is 44.6 Å². The monoisotopic (exact) mass is 261 g/mol. The SMILES string of the molecule is CCCN(CCc1cccnc1)C1CCC(N)CC1. The van der Waals surface area contributed by atoms with E-state index in [9.17, 15) is 0 Å². The minimum Gasteiger partial charge on any atom is -0.328 e. The van der Waals surface area contributed by atoms with Crippen molar-refractivity contribution < 1.29 is 0 Å². The lowest BCUT2D eigenvalue weighted by molar-refractivity contribution is 0.151. The summed E-state index contributed by atoms with van der Waals surface area (Å²) in [6.45, 7) is 4.63. The first-order valence-corrected chi connectivity index (χ1v) is 7.68. The molecular formula is C16H27N3. The van der Waals surface area contributed by atoms with Gasteiger partial charge in [-0.2, -0.15) is 0 Å². The van der Waals surface area contributed by atoms with Crippen LogP contribution in [0.4, 0.5) is 0 Å². The zero-order valence-corrected chi connectivity index (χ0v) is 12.1. The van der Waals surface area contributed by atoms with Crippen molar-refractivity contribution in [1.29, 1.82) is 0 Å². The van der Waals surface area contributed by atoms with E-state index in [0.29, 0.717) is 6.04 Å². The smallest absolute Gasteiger partial charge is 0.0300 e. The summed E-state index contributed by atoms with van der Waals surface area (Å²) < 4.78 is 0. The molecule has 0 bridgehead atoms. The Kier molecular flexibility index (Phi) is 5.80. The maximum Gasteiger partial charge on any atom is 0.0300 e. The molecule has 1 aromatic heterocycles. The number of pyridine rings is 1. The summed E-state index contributed by atoms with van der Waals surface area (Å²) in [5, 5.41) is 0. The normalized spacial score (nSPS) is 23.7. The van der Waals surface area contributed by atoms with Gasteiger partial charge in [0.25, 0.3) is 0 Å². The molecule has 0 saturated heterocycles. The average Bonchev–Trinajstić information content (AvgIpc) is 2.46. The summed E-state index contributed by atoms with van der Waals surface area (Å²) in [7, 11) is 0. The van der Waals surface area contributed by atoms with Gasteiger partial charge in [0.15, 0.2) is 0 Å². The van der Waals surface area contributed by atoms with E-state index in [1.807, 2.05) is 18.5 Å².